The Kier molecular flexibility index (Phi) is 5.34. The van der Waals surface area contributed by atoms with Gasteiger partial charge in [0.25, 0.3) is 5.91 Å². The molecule has 1 atom stereocenters. The topological polar surface area (TPSA) is 42.0 Å². The molecule has 0 bridgehead atoms. The molecule has 1 N–H and O–H groups in total. The molecule has 0 aliphatic heterocycles. The number of rotatable bonds is 5. The smallest absolute Gasteiger partial charge is 0.253 e. The first-order chi connectivity index (χ1) is 10.1. The van der Waals surface area contributed by atoms with Gasteiger partial charge in [0.05, 0.1) is 11.3 Å². The van der Waals surface area contributed by atoms with Crippen molar-refractivity contribution in [3.8, 4) is 0 Å². The zero-order valence-corrected chi connectivity index (χ0v) is 13.0. The van der Waals surface area contributed by atoms with E-state index in [2.05, 4.69) is 10.3 Å². The number of hydrogen-bond donors (Lipinski definition) is 1. The van der Waals surface area contributed by atoms with Gasteiger partial charge in [-0.25, -0.2) is 0 Å². The molecule has 2 rings (SSSR count). The van der Waals surface area contributed by atoms with Gasteiger partial charge in [0.1, 0.15) is 0 Å². The van der Waals surface area contributed by atoms with Crippen LogP contribution in [0.5, 0.6) is 0 Å². The van der Waals surface area contributed by atoms with E-state index in [1.807, 2.05) is 50.2 Å². The quantitative estimate of drug-likeness (QED) is 0.861. The van der Waals surface area contributed by atoms with E-state index in [1.54, 1.807) is 6.07 Å². The summed E-state index contributed by atoms with van der Waals surface area (Å²) in [5.74, 6) is 0.250. The SMILES string of the molecule is Cc1ccc(C(=O)NC(CCl)Cc2ccccc2)c(C)n1. The molecule has 0 saturated carbocycles. The van der Waals surface area contributed by atoms with Crippen LogP contribution >= 0.6 is 11.6 Å². The van der Waals surface area contributed by atoms with Crippen LogP contribution in [-0.4, -0.2) is 22.8 Å². The van der Waals surface area contributed by atoms with Gasteiger partial charge in [-0.2, -0.15) is 0 Å². The zero-order chi connectivity index (χ0) is 15.2. The van der Waals surface area contributed by atoms with E-state index in [-0.39, 0.29) is 11.9 Å². The number of nitrogens with one attached hydrogen (secondary N) is 1. The van der Waals surface area contributed by atoms with Gasteiger partial charge in [0.15, 0.2) is 0 Å². The Labute approximate surface area is 130 Å². The molecule has 0 aliphatic carbocycles. The lowest BCUT2D eigenvalue weighted by Gasteiger charge is -2.17. The number of benzene rings is 1. The van der Waals surface area contributed by atoms with E-state index in [9.17, 15) is 4.79 Å². The van der Waals surface area contributed by atoms with Gasteiger partial charge in [-0.15, -0.1) is 11.6 Å². The van der Waals surface area contributed by atoms with Crippen molar-refractivity contribution < 1.29 is 4.79 Å². The molecule has 1 amide bonds. The van der Waals surface area contributed by atoms with Crippen LogP contribution in [0.4, 0.5) is 0 Å². The molecule has 1 aromatic carbocycles. The van der Waals surface area contributed by atoms with Gasteiger partial charge in [0, 0.05) is 17.6 Å². The Balaban J connectivity index is 2.06. The molecule has 110 valence electrons. The van der Waals surface area contributed by atoms with E-state index in [4.69, 9.17) is 11.6 Å². The highest BCUT2D eigenvalue weighted by atomic mass is 35.5. The fraction of sp³-hybridized carbons (Fsp3) is 0.294. The van der Waals surface area contributed by atoms with Crippen LogP contribution in [0.2, 0.25) is 0 Å². The van der Waals surface area contributed by atoms with Crippen LogP contribution in [0, 0.1) is 13.8 Å². The number of carbonyl (C=O) groups is 1. The van der Waals surface area contributed by atoms with Gasteiger partial charge >= 0.3 is 0 Å². The predicted octanol–water partition coefficient (Wildman–Crippen LogP) is 3.28. The average Bonchev–Trinajstić information content (AvgIpc) is 2.47. The van der Waals surface area contributed by atoms with Crippen LogP contribution in [0.15, 0.2) is 42.5 Å². The molecule has 0 fully saturated rings. The summed E-state index contributed by atoms with van der Waals surface area (Å²) in [6, 6.07) is 13.6. The molecule has 1 aromatic heterocycles. The summed E-state index contributed by atoms with van der Waals surface area (Å²) in [6.07, 6.45) is 0.717. The Hall–Kier alpha value is -1.87. The highest BCUT2D eigenvalue weighted by Gasteiger charge is 2.15. The first-order valence-electron chi connectivity index (χ1n) is 6.95. The second-order valence-electron chi connectivity index (χ2n) is 5.10. The third-order valence-electron chi connectivity index (χ3n) is 3.32. The lowest BCUT2D eigenvalue weighted by molar-refractivity contribution is 0.0939. The average molecular weight is 303 g/mol. The third kappa shape index (κ3) is 4.30. The van der Waals surface area contributed by atoms with Crippen LogP contribution in [0.3, 0.4) is 0 Å². The van der Waals surface area contributed by atoms with Crippen LogP contribution in [0.25, 0.3) is 0 Å². The molecule has 1 unspecified atom stereocenters. The van der Waals surface area contributed by atoms with E-state index in [1.165, 1.54) is 0 Å². The number of aryl methyl sites for hydroxylation is 2. The van der Waals surface area contributed by atoms with Crippen LogP contribution < -0.4 is 5.32 Å². The Bertz CT molecular complexity index is 613. The normalized spacial score (nSPS) is 12.0. The fourth-order valence-corrected chi connectivity index (χ4v) is 2.42. The van der Waals surface area contributed by atoms with E-state index < -0.39 is 0 Å². The lowest BCUT2D eigenvalue weighted by atomic mass is 10.1. The Morgan fingerprint density at radius 3 is 2.52 bits per heavy atom. The van der Waals surface area contributed by atoms with Crippen LogP contribution in [-0.2, 0) is 6.42 Å². The summed E-state index contributed by atoms with van der Waals surface area (Å²) in [5.41, 5.74) is 3.40. The number of carbonyl (C=O) groups excluding carboxylic acids is 1. The highest BCUT2D eigenvalue weighted by molar-refractivity contribution is 6.18. The first-order valence-corrected chi connectivity index (χ1v) is 7.48. The molecule has 3 nitrogen and oxygen atoms in total. The van der Waals surface area contributed by atoms with E-state index in [0.29, 0.717) is 17.9 Å². The second kappa shape index (κ2) is 7.23. The predicted molar refractivity (Wildman–Crippen MR) is 85.8 cm³/mol. The van der Waals surface area contributed by atoms with Gasteiger partial charge < -0.3 is 5.32 Å². The summed E-state index contributed by atoms with van der Waals surface area (Å²) in [4.78, 5) is 16.6. The van der Waals surface area contributed by atoms with Crippen molar-refractivity contribution >= 4 is 17.5 Å². The lowest BCUT2D eigenvalue weighted by Crippen LogP contribution is -2.38. The Morgan fingerprint density at radius 2 is 1.90 bits per heavy atom. The van der Waals surface area contributed by atoms with Crippen molar-refractivity contribution in [2.75, 3.05) is 5.88 Å². The number of hydrogen-bond acceptors (Lipinski definition) is 2. The third-order valence-corrected chi connectivity index (χ3v) is 3.69. The van der Waals surface area contributed by atoms with Gasteiger partial charge in [-0.3, -0.25) is 9.78 Å². The van der Waals surface area contributed by atoms with Gasteiger partial charge in [-0.05, 0) is 38.0 Å². The molecule has 1 heterocycles. The summed E-state index contributed by atoms with van der Waals surface area (Å²) >= 11 is 5.98. The maximum absolute atomic E-state index is 12.3. The molecule has 2 aromatic rings. The highest BCUT2D eigenvalue weighted by Crippen LogP contribution is 2.09. The number of nitrogens with zero attached hydrogens (tertiary/aromatic N) is 1. The Morgan fingerprint density at radius 1 is 1.19 bits per heavy atom. The number of halogens is 1. The molecule has 0 spiro atoms. The minimum Gasteiger partial charge on any atom is -0.348 e. The zero-order valence-electron chi connectivity index (χ0n) is 12.3. The largest absolute Gasteiger partial charge is 0.348 e. The molecule has 0 saturated heterocycles. The summed E-state index contributed by atoms with van der Waals surface area (Å²) < 4.78 is 0. The molecular formula is C17H19ClN2O. The van der Waals surface area contributed by atoms with Crippen LogP contribution in [0.1, 0.15) is 27.3 Å². The standard InChI is InChI=1S/C17H19ClN2O/c1-12-8-9-16(13(2)19-12)17(21)20-15(11-18)10-14-6-4-3-5-7-14/h3-9,15H,10-11H2,1-2H3,(H,20,21). The molecule has 4 heteroatoms. The minimum absolute atomic E-state index is 0.0951. The van der Waals surface area contributed by atoms with Crippen molar-refractivity contribution in [2.24, 2.45) is 0 Å². The van der Waals surface area contributed by atoms with E-state index in [0.717, 1.165) is 17.0 Å². The van der Waals surface area contributed by atoms with Crippen molar-refractivity contribution in [1.29, 1.82) is 0 Å². The number of alkyl halides is 1. The summed E-state index contributed by atoms with van der Waals surface area (Å²) in [5, 5.41) is 2.98. The molecular weight excluding hydrogens is 284 g/mol. The van der Waals surface area contributed by atoms with Gasteiger partial charge in [0.2, 0.25) is 0 Å². The maximum atomic E-state index is 12.3. The summed E-state index contributed by atoms with van der Waals surface area (Å²) in [7, 11) is 0. The number of pyridine rings is 1. The number of aromatic nitrogens is 1. The fourth-order valence-electron chi connectivity index (χ4n) is 2.23. The minimum atomic E-state index is -0.124. The van der Waals surface area contributed by atoms with Crippen molar-refractivity contribution in [2.45, 2.75) is 26.3 Å². The monoisotopic (exact) mass is 302 g/mol. The van der Waals surface area contributed by atoms with Crippen molar-refractivity contribution in [3.63, 3.8) is 0 Å². The second-order valence-corrected chi connectivity index (χ2v) is 5.41. The first kappa shape index (κ1) is 15.5. The molecule has 0 radical (unpaired) electrons. The summed E-state index contributed by atoms with van der Waals surface area (Å²) in [6.45, 7) is 3.75. The van der Waals surface area contributed by atoms with Gasteiger partial charge in [-0.1, -0.05) is 30.3 Å². The van der Waals surface area contributed by atoms with Crippen molar-refractivity contribution in [3.05, 3.63) is 65.0 Å². The van der Waals surface area contributed by atoms with E-state index >= 15 is 0 Å². The van der Waals surface area contributed by atoms with Crippen molar-refractivity contribution in [1.82, 2.24) is 10.3 Å². The number of amides is 1. The maximum Gasteiger partial charge on any atom is 0.253 e. The molecule has 21 heavy (non-hydrogen) atoms. The molecule has 0 aliphatic rings.